The lowest BCUT2D eigenvalue weighted by Gasteiger charge is -2.30. The predicted octanol–water partition coefficient (Wildman–Crippen LogP) is 1.88. The minimum Gasteiger partial charge on any atom is -0.369 e. The number of likely N-dealkylation sites (tertiary alicyclic amines) is 1. The van der Waals surface area contributed by atoms with Gasteiger partial charge in [-0.3, -0.25) is 9.59 Å². The van der Waals surface area contributed by atoms with E-state index in [9.17, 15) is 9.59 Å². The molecule has 0 spiro atoms. The van der Waals surface area contributed by atoms with E-state index in [0.717, 1.165) is 11.2 Å². The van der Waals surface area contributed by atoms with Crippen molar-refractivity contribution in [2.75, 3.05) is 13.1 Å². The van der Waals surface area contributed by atoms with Gasteiger partial charge in [0.2, 0.25) is 5.91 Å². The van der Waals surface area contributed by atoms with Crippen molar-refractivity contribution in [3.63, 3.8) is 0 Å². The zero-order valence-corrected chi connectivity index (χ0v) is 14.2. The van der Waals surface area contributed by atoms with E-state index in [4.69, 9.17) is 5.73 Å². The molecule has 2 fully saturated rings. The van der Waals surface area contributed by atoms with Gasteiger partial charge in [0.15, 0.2) is 5.65 Å². The van der Waals surface area contributed by atoms with E-state index >= 15 is 0 Å². The summed E-state index contributed by atoms with van der Waals surface area (Å²) in [6.45, 7) is 1.11. The van der Waals surface area contributed by atoms with Gasteiger partial charge in [0.25, 0.3) is 5.91 Å². The summed E-state index contributed by atoms with van der Waals surface area (Å²) in [7, 11) is 0. The summed E-state index contributed by atoms with van der Waals surface area (Å²) in [5.74, 6) is -0.438. The fraction of sp³-hybridized carbons (Fsp3) is 0.556. The summed E-state index contributed by atoms with van der Waals surface area (Å²) in [5.41, 5.74) is 7.54. The van der Waals surface area contributed by atoms with Crippen LogP contribution < -0.4 is 5.73 Å². The molecule has 0 aromatic carbocycles. The van der Waals surface area contributed by atoms with E-state index in [1.807, 2.05) is 12.4 Å². The normalized spacial score (nSPS) is 19.6. The zero-order valence-electron chi connectivity index (χ0n) is 14.2. The van der Waals surface area contributed by atoms with Crippen LogP contribution in [0, 0.1) is 5.92 Å². The first-order valence-corrected chi connectivity index (χ1v) is 9.04. The topological polar surface area (TPSA) is 94.1 Å². The highest BCUT2D eigenvalue weighted by Gasteiger charge is 2.27. The van der Waals surface area contributed by atoms with Crippen LogP contribution in [0.5, 0.6) is 0 Å². The Bertz CT molecular complexity index is 801. The number of piperidine rings is 1. The van der Waals surface area contributed by atoms with Crippen LogP contribution in [0.2, 0.25) is 0 Å². The van der Waals surface area contributed by atoms with Crippen LogP contribution in [-0.4, -0.2) is 44.3 Å². The van der Waals surface area contributed by atoms with Crippen molar-refractivity contribution in [1.29, 1.82) is 0 Å². The maximum Gasteiger partial charge on any atom is 0.255 e. The summed E-state index contributed by atoms with van der Waals surface area (Å²) in [4.78, 5) is 34.7. The molecule has 2 amide bonds. The molecule has 0 unspecified atom stereocenters. The number of nitrogens with zero attached hydrogens (tertiary/aromatic N) is 4. The minimum absolute atomic E-state index is 0.0484. The summed E-state index contributed by atoms with van der Waals surface area (Å²) in [6.07, 6.45) is 9.61. The Morgan fingerprint density at radius 3 is 2.48 bits per heavy atom. The maximum absolute atomic E-state index is 12.7. The quantitative estimate of drug-likeness (QED) is 0.922. The number of carbonyl (C=O) groups is 2. The average Bonchev–Trinajstić information content (AvgIpc) is 3.29. The number of imidazole rings is 1. The molecule has 2 aromatic heterocycles. The number of carbonyl (C=O) groups excluding carboxylic acids is 2. The molecule has 1 saturated carbocycles. The van der Waals surface area contributed by atoms with Crippen molar-refractivity contribution in [3.05, 3.63) is 24.2 Å². The van der Waals surface area contributed by atoms with Crippen LogP contribution in [0.1, 0.15) is 54.9 Å². The maximum atomic E-state index is 12.7. The van der Waals surface area contributed by atoms with Gasteiger partial charge in [0.05, 0.1) is 11.9 Å². The first kappa shape index (κ1) is 16.1. The molecular weight excluding hydrogens is 318 g/mol. The largest absolute Gasteiger partial charge is 0.369 e. The van der Waals surface area contributed by atoms with Crippen LogP contribution in [0.3, 0.4) is 0 Å². The molecule has 1 aliphatic heterocycles. The molecule has 3 heterocycles. The Kier molecular flexibility index (Phi) is 4.15. The van der Waals surface area contributed by atoms with Crippen LogP contribution in [0.15, 0.2) is 18.6 Å². The number of hydrogen-bond donors (Lipinski definition) is 1. The zero-order chi connectivity index (χ0) is 17.4. The molecule has 7 nitrogen and oxygen atoms in total. The fourth-order valence-electron chi connectivity index (χ4n) is 4.04. The summed E-state index contributed by atoms with van der Waals surface area (Å²) >= 11 is 0. The summed E-state index contributed by atoms with van der Waals surface area (Å²) in [6, 6.07) is 2.31. The lowest BCUT2D eigenvalue weighted by atomic mass is 9.96. The van der Waals surface area contributed by atoms with Crippen LogP contribution >= 0.6 is 0 Å². The molecule has 132 valence electrons. The van der Waals surface area contributed by atoms with Crippen LogP contribution in [0.4, 0.5) is 0 Å². The number of hydrogen-bond acceptors (Lipinski definition) is 4. The standard InChI is InChI=1S/C18H23N5O2/c19-16(24)12-5-7-22(8-6-12)18(25)13-9-15-17(20-10-13)23(11-21-15)14-3-1-2-4-14/h9-12,14H,1-8H2,(H2,19,24). The summed E-state index contributed by atoms with van der Waals surface area (Å²) < 4.78 is 2.15. The van der Waals surface area contributed by atoms with Gasteiger partial charge in [-0.05, 0) is 31.7 Å². The molecule has 25 heavy (non-hydrogen) atoms. The number of fused-ring (bicyclic) bond motifs is 1. The highest BCUT2D eigenvalue weighted by molar-refractivity contribution is 5.96. The molecule has 0 bridgehead atoms. The van der Waals surface area contributed by atoms with Crippen molar-refractivity contribution in [2.24, 2.45) is 11.7 Å². The van der Waals surface area contributed by atoms with E-state index < -0.39 is 0 Å². The second-order valence-electron chi connectivity index (χ2n) is 7.13. The first-order chi connectivity index (χ1) is 12.1. The first-order valence-electron chi connectivity index (χ1n) is 9.04. The van der Waals surface area contributed by atoms with E-state index in [2.05, 4.69) is 14.5 Å². The molecule has 2 N–H and O–H groups in total. The SMILES string of the molecule is NC(=O)C1CCN(C(=O)c2cnc3c(c2)ncn3C2CCCC2)CC1. The van der Waals surface area contributed by atoms with E-state index in [-0.39, 0.29) is 17.7 Å². The number of pyridine rings is 1. The third-order valence-corrected chi connectivity index (χ3v) is 5.56. The number of nitrogens with two attached hydrogens (primary N) is 1. The van der Waals surface area contributed by atoms with Crippen LogP contribution in [0.25, 0.3) is 11.2 Å². The second-order valence-corrected chi connectivity index (χ2v) is 7.13. The Morgan fingerprint density at radius 1 is 1.08 bits per heavy atom. The van der Waals surface area contributed by atoms with Gasteiger partial charge in [-0.15, -0.1) is 0 Å². The Morgan fingerprint density at radius 2 is 1.80 bits per heavy atom. The molecule has 2 aromatic rings. The van der Waals surface area contributed by atoms with E-state index in [0.29, 0.717) is 37.5 Å². The van der Waals surface area contributed by atoms with E-state index in [1.54, 1.807) is 11.1 Å². The number of primary amides is 1. The summed E-state index contributed by atoms with van der Waals surface area (Å²) in [5, 5.41) is 0. The minimum atomic E-state index is -0.271. The monoisotopic (exact) mass is 341 g/mol. The molecule has 0 atom stereocenters. The Labute approximate surface area is 146 Å². The van der Waals surface area contributed by atoms with Gasteiger partial charge in [-0.1, -0.05) is 12.8 Å². The van der Waals surface area contributed by atoms with Gasteiger partial charge in [0.1, 0.15) is 5.52 Å². The number of rotatable bonds is 3. The lowest BCUT2D eigenvalue weighted by Crippen LogP contribution is -2.41. The molecular formula is C18H23N5O2. The number of aromatic nitrogens is 3. The molecule has 7 heteroatoms. The lowest BCUT2D eigenvalue weighted by molar-refractivity contribution is -0.123. The second kappa shape index (κ2) is 6.46. The van der Waals surface area contributed by atoms with Crippen LogP contribution in [-0.2, 0) is 4.79 Å². The highest BCUT2D eigenvalue weighted by Crippen LogP contribution is 2.31. The van der Waals surface area contributed by atoms with Crippen molar-refractivity contribution in [1.82, 2.24) is 19.4 Å². The van der Waals surface area contributed by atoms with Crippen molar-refractivity contribution in [2.45, 2.75) is 44.6 Å². The van der Waals surface area contributed by atoms with Crippen molar-refractivity contribution in [3.8, 4) is 0 Å². The van der Waals surface area contributed by atoms with Crippen molar-refractivity contribution < 1.29 is 9.59 Å². The predicted molar refractivity (Wildman–Crippen MR) is 92.9 cm³/mol. The fourth-order valence-corrected chi connectivity index (χ4v) is 4.04. The van der Waals surface area contributed by atoms with Gasteiger partial charge < -0.3 is 15.2 Å². The third kappa shape index (κ3) is 2.99. The highest BCUT2D eigenvalue weighted by atomic mass is 16.2. The number of amides is 2. The molecule has 4 rings (SSSR count). The van der Waals surface area contributed by atoms with Crippen molar-refractivity contribution >= 4 is 23.0 Å². The van der Waals surface area contributed by atoms with Gasteiger partial charge in [-0.2, -0.15) is 0 Å². The third-order valence-electron chi connectivity index (χ3n) is 5.56. The smallest absolute Gasteiger partial charge is 0.255 e. The molecule has 1 saturated heterocycles. The molecule has 2 aliphatic rings. The molecule has 1 aliphatic carbocycles. The Balaban J connectivity index is 1.52. The average molecular weight is 341 g/mol. The van der Waals surface area contributed by atoms with E-state index in [1.165, 1.54) is 25.7 Å². The van der Waals surface area contributed by atoms with Gasteiger partial charge >= 0.3 is 0 Å². The van der Waals surface area contributed by atoms with Gasteiger partial charge in [0, 0.05) is 31.2 Å². The Hall–Kier alpha value is -2.44. The molecule has 0 radical (unpaired) electrons. The van der Waals surface area contributed by atoms with Gasteiger partial charge in [-0.25, -0.2) is 9.97 Å².